The van der Waals surface area contributed by atoms with Crippen LogP contribution in [0.5, 0.6) is 5.75 Å². The third-order valence-electron chi connectivity index (χ3n) is 4.01. The lowest BCUT2D eigenvalue weighted by Gasteiger charge is -2.12. The third kappa shape index (κ3) is 5.62. The second-order valence-electron chi connectivity index (χ2n) is 6.29. The van der Waals surface area contributed by atoms with Gasteiger partial charge in [-0.15, -0.1) is 0 Å². The molecule has 0 radical (unpaired) electrons. The highest BCUT2D eigenvalue weighted by Crippen LogP contribution is 2.18. The van der Waals surface area contributed by atoms with Gasteiger partial charge in [0.2, 0.25) is 0 Å². The third-order valence-corrected chi connectivity index (χ3v) is 4.01. The molecule has 2 aromatic carbocycles. The van der Waals surface area contributed by atoms with E-state index in [1.54, 1.807) is 24.3 Å². The van der Waals surface area contributed by atoms with Crippen LogP contribution in [0.3, 0.4) is 0 Å². The van der Waals surface area contributed by atoms with Crippen LogP contribution in [0.4, 0.5) is 5.69 Å². The molecule has 0 saturated heterocycles. The van der Waals surface area contributed by atoms with Gasteiger partial charge >= 0.3 is 5.97 Å². The summed E-state index contributed by atoms with van der Waals surface area (Å²) in [6, 6.07) is 12.5. The van der Waals surface area contributed by atoms with Crippen molar-refractivity contribution in [3.8, 4) is 5.75 Å². The van der Waals surface area contributed by atoms with Crippen LogP contribution in [-0.2, 0) is 9.53 Å². The molecule has 0 heterocycles. The monoisotopic (exact) mass is 355 g/mol. The number of nitrogens with one attached hydrogen (secondary N) is 1. The molecule has 0 spiro atoms. The summed E-state index contributed by atoms with van der Waals surface area (Å²) in [5, 5.41) is 2.90. The van der Waals surface area contributed by atoms with E-state index in [1.807, 2.05) is 45.9 Å². The van der Waals surface area contributed by atoms with Gasteiger partial charge in [0.15, 0.2) is 6.61 Å². The maximum atomic E-state index is 12.4. The van der Waals surface area contributed by atoms with Gasteiger partial charge in [0, 0.05) is 11.3 Å². The lowest BCUT2D eigenvalue weighted by atomic mass is 10.1. The fourth-order valence-corrected chi connectivity index (χ4v) is 2.33. The molecule has 2 rings (SSSR count). The predicted octanol–water partition coefficient (Wildman–Crippen LogP) is 4.28. The summed E-state index contributed by atoms with van der Waals surface area (Å²) >= 11 is 0. The molecular weight excluding hydrogens is 330 g/mol. The van der Waals surface area contributed by atoms with Crippen LogP contribution in [0.2, 0.25) is 0 Å². The van der Waals surface area contributed by atoms with Crippen LogP contribution in [-0.4, -0.2) is 24.6 Å². The Hall–Kier alpha value is -2.82. The number of ether oxygens (including phenoxy) is 2. The molecule has 0 unspecified atom stereocenters. The topological polar surface area (TPSA) is 64.6 Å². The van der Waals surface area contributed by atoms with Crippen LogP contribution in [0, 0.1) is 13.8 Å². The highest BCUT2D eigenvalue weighted by Gasteiger charge is 2.10. The molecule has 0 aromatic heterocycles. The largest absolute Gasteiger partial charge is 0.482 e. The van der Waals surface area contributed by atoms with Gasteiger partial charge in [0.05, 0.1) is 6.10 Å². The number of amides is 1. The standard InChI is InChI=1S/C21H25NO4/c1-5-16(4)26-20(23)13-25-18-9-7-17(8-10-18)21(24)22-19-11-6-14(2)12-15(19)3/h6-12,16H,5,13H2,1-4H3,(H,22,24)/t16-/m0/s1. The Kier molecular flexibility index (Phi) is 6.78. The van der Waals surface area contributed by atoms with Crippen molar-refractivity contribution in [2.45, 2.75) is 40.2 Å². The summed E-state index contributed by atoms with van der Waals surface area (Å²) < 4.78 is 10.5. The molecule has 0 aliphatic heterocycles. The van der Waals surface area contributed by atoms with Gasteiger partial charge in [0.1, 0.15) is 5.75 Å². The molecule has 1 amide bonds. The zero-order chi connectivity index (χ0) is 19.1. The molecule has 0 bridgehead atoms. The van der Waals surface area contributed by atoms with E-state index in [1.165, 1.54) is 0 Å². The first-order valence-corrected chi connectivity index (χ1v) is 8.70. The van der Waals surface area contributed by atoms with E-state index in [0.29, 0.717) is 11.3 Å². The highest BCUT2D eigenvalue weighted by molar-refractivity contribution is 6.04. The first-order valence-electron chi connectivity index (χ1n) is 8.70. The SMILES string of the molecule is CC[C@H](C)OC(=O)COc1ccc(C(=O)Nc2ccc(C)cc2C)cc1. The molecule has 1 N–H and O–H groups in total. The quantitative estimate of drug-likeness (QED) is 0.753. The van der Waals surface area contributed by atoms with Crippen molar-refractivity contribution >= 4 is 17.6 Å². The molecule has 2 aromatic rings. The van der Waals surface area contributed by atoms with Crippen molar-refractivity contribution in [1.82, 2.24) is 0 Å². The van der Waals surface area contributed by atoms with E-state index >= 15 is 0 Å². The average Bonchev–Trinajstić information content (AvgIpc) is 2.62. The number of anilines is 1. The molecule has 0 aliphatic carbocycles. The lowest BCUT2D eigenvalue weighted by Crippen LogP contribution is -2.20. The van der Waals surface area contributed by atoms with E-state index in [-0.39, 0.29) is 18.6 Å². The molecule has 138 valence electrons. The van der Waals surface area contributed by atoms with Crippen molar-refractivity contribution in [3.63, 3.8) is 0 Å². The maximum absolute atomic E-state index is 12.4. The van der Waals surface area contributed by atoms with Crippen LogP contribution < -0.4 is 10.1 Å². The molecule has 0 saturated carbocycles. The number of rotatable bonds is 7. The first-order chi connectivity index (χ1) is 12.4. The number of carbonyl (C=O) groups excluding carboxylic acids is 2. The van der Waals surface area contributed by atoms with Crippen molar-refractivity contribution in [2.24, 2.45) is 0 Å². The normalized spacial score (nSPS) is 11.5. The van der Waals surface area contributed by atoms with E-state index in [0.717, 1.165) is 23.2 Å². The van der Waals surface area contributed by atoms with Gasteiger partial charge in [-0.3, -0.25) is 4.79 Å². The molecule has 0 aliphatic rings. The number of aryl methyl sites for hydroxylation is 2. The lowest BCUT2D eigenvalue weighted by molar-refractivity contribution is -0.150. The Labute approximate surface area is 154 Å². The van der Waals surface area contributed by atoms with Crippen molar-refractivity contribution in [3.05, 3.63) is 59.2 Å². The zero-order valence-electron chi connectivity index (χ0n) is 15.7. The van der Waals surface area contributed by atoms with E-state index in [2.05, 4.69) is 5.32 Å². The minimum Gasteiger partial charge on any atom is -0.482 e. The van der Waals surface area contributed by atoms with Gasteiger partial charge in [-0.25, -0.2) is 4.79 Å². The van der Waals surface area contributed by atoms with Crippen LogP contribution in [0.15, 0.2) is 42.5 Å². The fraction of sp³-hybridized carbons (Fsp3) is 0.333. The summed E-state index contributed by atoms with van der Waals surface area (Å²) in [6.45, 7) is 7.59. The van der Waals surface area contributed by atoms with Gasteiger partial charge in [-0.05, 0) is 63.1 Å². The van der Waals surface area contributed by atoms with Gasteiger partial charge < -0.3 is 14.8 Å². The number of benzene rings is 2. The van der Waals surface area contributed by atoms with Gasteiger partial charge in [-0.1, -0.05) is 24.6 Å². The number of carbonyl (C=O) groups is 2. The summed E-state index contributed by atoms with van der Waals surface area (Å²) in [5.41, 5.74) is 3.46. The van der Waals surface area contributed by atoms with Crippen molar-refractivity contribution in [2.75, 3.05) is 11.9 Å². The second-order valence-corrected chi connectivity index (χ2v) is 6.29. The molecular formula is C21H25NO4. The van der Waals surface area contributed by atoms with E-state index < -0.39 is 5.97 Å². The summed E-state index contributed by atoms with van der Waals surface area (Å²) in [4.78, 5) is 24.0. The summed E-state index contributed by atoms with van der Waals surface area (Å²) in [5.74, 6) is -0.0927. The van der Waals surface area contributed by atoms with Crippen molar-refractivity contribution < 1.29 is 19.1 Å². The van der Waals surface area contributed by atoms with Crippen molar-refractivity contribution in [1.29, 1.82) is 0 Å². The summed E-state index contributed by atoms with van der Waals surface area (Å²) in [7, 11) is 0. The van der Waals surface area contributed by atoms with E-state index in [4.69, 9.17) is 9.47 Å². The Balaban J connectivity index is 1.92. The van der Waals surface area contributed by atoms with Gasteiger partial charge in [0.25, 0.3) is 5.91 Å². The zero-order valence-corrected chi connectivity index (χ0v) is 15.7. The Bertz CT molecular complexity index is 768. The minimum absolute atomic E-state index is 0.123. The predicted molar refractivity (Wildman–Crippen MR) is 102 cm³/mol. The second kappa shape index (κ2) is 9.04. The highest BCUT2D eigenvalue weighted by atomic mass is 16.6. The number of hydrogen-bond donors (Lipinski definition) is 1. The molecule has 5 heteroatoms. The van der Waals surface area contributed by atoms with Crippen LogP contribution >= 0.6 is 0 Å². The molecule has 1 atom stereocenters. The molecule has 26 heavy (non-hydrogen) atoms. The van der Waals surface area contributed by atoms with Gasteiger partial charge in [-0.2, -0.15) is 0 Å². The van der Waals surface area contributed by atoms with E-state index in [9.17, 15) is 9.59 Å². The first kappa shape index (κ1) is 19.5. The van der Waals surface area contributed by atoms with Crippen LogP contribution in [0.1, 0.15) is 41.8 Å². The Morgan fingerprint density at radius 1 is 1.08 bits per heavy atom. The molecule has 0 fully saturated rings. The molecule has 5 nitrogen and oxygen atoms in total. The number of esters is 1. The minimum atomic E-state index is -0.406. The van der Waals surface area contributed by atoms with Crippen LogP contribution in [0.25, 0.3) is 0 Å². The Morgan fingerprint density at radius 2 is 1.77 bits per heavy atom. The smallest absolute Gasteiger partial charge is 0.344 e. The Morgan fingerprint density at radius 3 is 2.38 bits per heavy atom. The average molecular weight is 355 g/mol. The summed E-state index contributed by atoms with van der Waals surface area (Å²) in [6.07, 6.45) is 0.637. The fourth-order valence-electron chi connectivity index (χ4n) is 2.33. The maximum Gasteiger partial charge on any atom is 0.344 e. The number of hydrogen-bond acceptors (Lipinski definition) is 4.